The molecule has 6 atom stereocenters. The molecule has 3 aliphatic carbocycles. The van der Waals surface area contributed by atoms with Gasteiger partial charge in [-0.15, -0.1) is 0 Å². The number of carbonyl (C=O) groups is 2. The normalized spacial score (nSPS) is 43.2. The molecule has 0 amide bonds. The van der Waals surface area contributed by atoms with Gasteiger partial charge in [-0.1, -0.05) is 6.92 Å². The average Bonchev–Trinajstić information content (AvgIpc) is 3.14. The van der Waals surface area contributed by atoms with E-state index in [1.807, 2.05) is 6.92 Å². The molecule has 0 unspecified atom stereocenters. The van der Waals surface area contributed by atoms with Crippen LogP contribution in [0, 0.1) is 22.7 Å². The smallest absolute Gasteiger partial charge is 0.314 e. The molecule has 148 valence electrons. The first kappa shape index (κ1) is 18.7. The number of rotatable bonds is 3. The van der Waals surface area contributed by atoms with Crippen LogP contribution >= 0.6 is 0 Å². The van der Waals surface area contributed by atoms with Crippen molar-refractivity contribution in [1.82, 2.24) is 0 Å². The number of ether oxygens (including phenoxy) is 1. The van der Waals surface area contributed by atoms with Crippen LogP contribution in [0.5, 0.6) is 0 Å². The summed E-state index contributed by atoms with van der Waals surface area (Å²) in [5.41, 5.74) is 0.523. The molecule has 2 fully saturated rings. The molecule has 0 saturated heterocycles. The molecule has 0 spiro atoms. The number of hydrogen-bond donors (Lipinski definition) is 1. The first-order chi connectivity index (χ1) is 12.8. The van der Waals surface area contributed by atoms with Gasteiger partial charge in [0, 0.05) is 5.56 Å². The minimum absolute atomic E-state index is 0.000624. The summed E-state index contributed by atoms with van der Waals surface area (Å²) in [6.07, 6.45) is 8.57. The van der Waals surface area contributed by atoms with E-state index in [1.165, 1.54) is 0 Å². The summed E-state index contributed by atoms with van der Waals surface area (Å²) in [5.74, 6) is -0.154. The lowest BCUT2D eigenvalue weighted by Gasteiger charge is -2.63. The number of fused-ring (bicyclic) bond motifs is 5. The molecular formula is C22H30O5. The first-order valence-electron chi connectivity index (χ1n) is 10.2. The van der Waals surface area contributed by atoms with Gasteiger partial charge >= 0.3 is 5.97 Å². The van der Waals surface area contributed by atoms with Crippen LogP contribution in [0.25, 0.3) is 0 Å². The van der Waals surface area contributed by atoms with Crippen LogP contribution in [-0.2, 0) is 26.2 Å². The van der Waals surface area contributed by atoms with Crippen molar-refractivity contribution in [3.05, 3.63) is 23.7 Å². The third kappa shape index (κ3) is 2.27. The maximum atomic E-state index is 12.9. The molecule has 1 N–H and O–H groups in total. The summed E-state index contributed by atoms with van der Waals surface area (Å²) in [4.78, 5) is 25.4. The largest absolute Gasteiger partial charge is 0.472 e. The van der Waals surface area contributed by atoms with Crippen molar-refractivity contribution in [2.24, 2.45) is 22.7 Å². The Balaban J connectivity index is 1.80. The molecule has 2 saturated carbocycles. The van der Waals surface area contributed by atoms with Crippen LogP contribution in [-0.4, -0.2) is 30.1 Å². The van der Waals surface area contributed by atoms with Crippen molar-refractivity contribution < 1.29 is 23.8 Å². The van der Waals surface area contributed by atoms with E-state index in [9.17, 15) is 14.7 Å². The highest BCUT2D eigenvalue weighted by molar-refractivity contribution is 5.78. The Morgan fingerprint density at radius 2 is 2.04 bits per heavy atom. The molecule has 0 aliphatic heterocycles. The zero-order valence-corrected chi connectivity index (χ0v) is 16.5. The van der Waals surface area contributed by atoms with Crippen LogP contribution in [0.2, 0.25) is 0 Å². The van der Waals surface area contributed by atoms with Gasteiger partial charge < -0.3 is 19.1 Å². The molecule has 4 rings (SSSR count). The molecule has 5 nitrogen and oxygen atoms in total. The Labute approximate surface area is 160 Å². The van der Waals surface area contributed by atoms with E-state index in [4.69, 9.17) is 9.15 Å². The third-order valence-electron chi connectivity index (χ3n) is 8.30. The van der Waals surface area contributed by atoms with Gasteiger partial charge in [0.15, 0.2) is 0 Å². The van der Waals surface area contributed by atoms with Crippen molar-refractivity contribution in [3.8, 4) is 0 Å². The maximum absolute atomic E-state index is 12.9. The van der Waals surface area contributed by atoms with E-state index in [0.717, 1.165) is 43.1 Å². The summed E-state index contributed by atoms with van der Waals surface area (Å²) >= 11 is 0. The zero-order chi connectivity index (χ0) is 19.4. The predicted molar refractivity (Wildman–Crippen MR) is 99.1 cm³/mol. The number of esters is 1. The van der Waals surface area contributed by atoms with E-state index in [2.05, 4.69) is 6.92 Å². The second-order valence-electron chi connectivity index (χ2n) is 9.21. The van der Waals surface area contributed by atoms with Gasteiger partial charge in [0.2, 0.25) is 0 Å². The number of aliphatic hydroxyl groups is 1. The fourth-order valence-electron chi connectivity index (χ4n) is 6.94. The van der Waals surface area contributed by atoms with Crippen molar-refractivity contribution in [2.45, 2.75) is 70.8 Å². The zero-order valence-electron chi connectivity index (χ0n) is 16.5. The Morgan fingerprint density at radius 1 is 1.26 bits per heavy atom. The second kappa shape index (κ2) is 6.20. The van der Waals surface area contributed by atoms with E-state index < -0.39 is 16.9 Å². The van der Waals surface area contributed by atoms with Crippen LogP contribution in [0.3, 0.4) is 0 Å². The van der Waals surface area contributed by atoms with Crippen molar-refractivity contribution in [2.75, 3.05) is 6.61 Å². The molecule has 3 aliphatic rings. The number of hydrogen-bond acceptors (Lipinski definition) is 5. The van der Waals surface area contributed by atoms with Crippen LogP contribution < -0.4 is 0 Å². The Bertz CT molecular complexity index is 754. The second-order valence-corrected chi connectivity index (χ2v) is 9.21. The molecule has 0 radical (unpaired) electrons. The predicted octanol–water partition coefficient (Wildman–Crippen LogP) is 3.42. The molecular weight excluding hydrogens is 344 g/mol. The van der Waals surface area contributed by atoms with Crippen molar-refractivity contribution in [3.63, 3.8) is 0 Å². The molecule has 1 aromatic rings. The number of carbonyl (C=O) groups excluding carboxylic acids is 2. The minimum atomic E-state index is -0.922. The molecule has 1 aromatic heterocycles. The van der Waals surface area contributed by atoms with Crippen molar-refractivity contribution in [1.29, 1.82) is 0 Å². The molecule has 1 heterocycles. The van der Waals surface area contributed by atoms with Gasteiger partial charge in [-0.3, -0.25) is 4.79 Å². The SMILES string of the molecule is CCOC(=O)[C@]1(C)[C@@H]2CC[C@@]3(C=O)c4cocc4CC[C@@H]3[C@@]2(C)CC[C@@H]1O. The molecule has 5 heteroatoms. The highest BCUT2D eigenvalue weighted by atomic mass is 16.5. The Morgan fingerprint density at radius 3 is 2.74 bits per heavy atom. The lowest BCUT2D eigenvalue weighted by Crippen LogP contribution is -2.64. The van der Waals surface area contributed by atoms with E-state index >= 15 is 0 Å². The maximum Gasteiger partial charge on any atom is 0.314 e. The number of furan rings is 1. The summed E-state index contributed by atoms with van der Waals surface area (Å²) < 4.78 is 10.9. The number of aldehydes is 1. The van der Waals surface area contributed by atoms with Crippen molar-refractivity contribution >= 4 is 12.3 Å². The standard InChI is InChI=1S/C22H30O5/c1-4-27-19(25)21(3)16-7-10-22(13-23)15-12-26-11-14(15)5-6-17(22)20(16,2)9-8-18(21)24/h11-13,16-18,24H,4-10H2,1-3H3/t16-,17-,18+,20+,21-,22-/m1/s1. The molecule has 0 bridgehead atoms. The number of aryl methyl sites for hydroxylation is 1. The quantitative estimate of drug-likeness (QED) is 0.648. The lowest BCUT2D eigenvalue weighted by molar-refractivity contribution is -0.198. The highest BCUT2D eigenvalue weighted by Gasteiger charge is 2.66. The highest BCUT2D eigenvalue weighted by Crippen LogP contribution is 2.66. The Hall–Kier alpha value is -1.62. The monoisotopic (exact) mass is 374 g/mol. The van der Waals surface area contributed by atoms with Gasteiger partial charge in [0.25, 0.3) is 0 Å². The lowest BCUT2D eigenvalue weighted by atomic mass is 9.40. The topological polar surface area (TPSA) is 76.7 Å². The van der Waals surface area contributed by atoms with Gasteiger partial charge in [0.05, 0.1) is 36.1 Å². The van der Waals surface area contributed by atoms with E-state index in [0.29, 0.717) is 19.4 Å². The van der Waals surface area contributed by atoms with E-state index in [-0.39, 0.29) is 23.2 Å². The fraction of sp³-hybridized carbons (Fsp3) is 0.727. The summed E-state index contributed by atoms with van der Waals surface area (Å²) in [5, 5.41) is 10.8. The average molecular weight is 374 g/mol. The van der Waals surface area contributed by atoms with Crippen LogP contribution in [0.4, 0.5) is 0 Å². The van der Waals surface area contributed by atoms with E-state index in [1.54, 1.807) is 19.5 Å². The Kier molecular flexibility index (Phi) is 4.30. The summed E-state index contributed by atoms with van der Waals surface area (Å²) in [7, 11) is 0. The summed E-state index contributed by atoms with van der Waals surface area (Å²) in [6.45, 7) is 6.21. The van der Waals surface area contributed by atoms with Gasteiger partial charge in [-0.2, -0.15) is 0 Å². The van der Waals surface area contributed by atoms with Gasteiger partial charge in [0.1, 0.15) is 6.29 Å². The number of aliphatic hydroxyl groups excluding tert-OH is 1. The van der Waals surface area contributed by atoms with Crippen LogP contribution in [0.15, 0.2) is 16.9 Å². The van der Waals surface area contributed by atoms with Gasteiger partial charge in [-0.25, -0.2) is 0 Å². The van der Waals surface area contributed by atoms with Crippen LogP contribution in [0.1, 0.15) is 64.0 Å². The summed E-state index contributed by atoms with van der Waals surface area (Å²) in [6, 6.07) is 0. The third-order valence-corrected chi connectivity index (χ3v) is 8.30. The minimum Gasteiger partial charge on any atom is -0.472 e. The van der Waals surface area contributed by atoms with Gasteiger partial charge in [-0.05, 0) is 75.2 Å². The molecule has 0 aromatic carbocycles. The first-order valence-corrected chi connectivity index (χ1v) is 10.2. The molecule has 27 heavy (non-hydrogen) atoms. The fourth-order valence-corrected chi connectivity index (χ4v) is 6.94.